The van der Waals surface area contributed by atoms with E-state index in [0.717, 1.165) is 5.56 Å². The first-order valence-corrected chi connectivity index (χ1v) is 15.6. The highest BCUT2D eigenvalue weighted by atomic mass is 16.6. The van der Waals surface area contributed by atoms with Crippen LogP contribution in [0.5, 0.6) is 11.5 Å². The minimum absolute atomic E-state index is 0.0350. The van der Waals surface area contributed by atoms with Gasteiger partial charge in [0.25, 0.3) is 0 Å². The molecule has 246 valence electrons. The van der Waals surface area contributed by atoms with E-state index in [1.807, 2.05) is 42.5 Å². The number of benzene rings is 2. The van der Waals surface area contributed by atoms with E-state index < -0.39 is 35.6 Å². The molecule has 0 saturated heterocycles. The van der Waals surface area contributed by atoms with Crippen molar-refractivity contribution < 1.29 is 28.7 Å². The van der Waals surface area contributed by atoms with Gasteiger partial charge in [-0.05, 0) is 96.7 Å². The number of carbonyl (C=O) groups excluding carboxylic acids is 4. The van der Waals surface area contributed by atoms with E-state index in [-0.39, 0.29) is 25.3 Å². The van der Waals surface area contributed by atoms with Crippen LogP contribution in [0.1, 0.15) is 78.5 Å². The van der Waals surface area contributed by atoms with Crippen LogP contribution in [0.4, 0.5) is 4.79 Å². The molecule has 0 saturated carbocycles. The first-order chi connectivity index (χ1) is 21.2. The molecule has 45 heavy (non-hydrogen) atoms. The predicted molar refractivity (Wildman–Crippen MR) is 173 cm³/mol. The van der Waals surface area contributed by atoms with Crippen LogP contribution in [0.25, 0.3) is 0 Å². The number of nitrogens with one attached hydrogen (secondary N) is 2. The highest BCUT2D eigenvalue weighted by Crippen LogP contribution is 2.34. The monoisotopic (exact) mass is 623 g/mol. The molecule has 2 aromatic carbocycles. The van der Waals surface area contributed by atoms with Gasteiger partial charge in [0.1, 0.15) is 29.2 Å². The van der Waals surface area contributed by atoms with Crippen LogP contribution >= 0.6 is 0 Å². The molecule has 2 atom stereocenters. The van der Waals surface area contributed by atoms with Crippen LogP contribution in [0.15, 0.2) is 48.5 Å². The molecule has 4 amide bonds. The number of nitrogens with two attached hydrogens (primary N) is 1. The van der Waals surface area contributed by atoms with Gasteiger partial charge in [-0.15, -0.1) is 0 Å². The Bertz CT molecular complexity index is 1320. The lowest BCUT2D eigenvalue weighted by Gasteiger charge is -2.39. The summed E-state index contributed by atoms with van der Waals surface area (Å²) in [5, 5.41) is 5.65. The second kappa shape index (κ2) is 15.7. The van der Waals surface area contributed by atoms with Gasteiger partial charge in [0.15, 0.2) is 0 Å². The average Bonchev–Trinajstić information content (AvgIpc) is 2.95. The zero-order valence-electron chi connectivity index (χ0n) is 27.6. The lowest BCUT2D eigenvalue weighted by molar-refractivity contribution is -0.143. The van der Waals surface area contributed by atoms with Gasteiger partial charge < -0.3 is 30.7 Å². The molecule has 0 aromatic heterocycles. The van der Waals surface area contributed by atoms with Crippen LogP contribution < -0.4 is 21.1 Å². The molecule has 1 aliphatic heterocycles. The van der Waals surface area contributed by atoms with Crippen molar-refractivity contribution in [3.05, 3.63) is 59.7 Å². The quantitative estimate of drug-likeness (QED) is 0.302. The molecular weight excluding hydrogens is 574 g/mol. The molecule has 3 rings (SSSR count). The number of hydrogen-bond donors (Lipinski definition) is 3. The summed E-state index contributed by atoms with van der Waals surface area (Å²) in [6, 6.07) is 13.4. The van der Waals surface area contributed by atoms with Crippen LogP contribution in [0, 0.1) is 0 Å². The number of rotatable bonds is 13. The van der Waals surface area contributed by atoms with E-state index in [1.165, 1.54) is 4.90 Å². The van der Waals surface area contributed by atoms with Gasteiger partial charge in [-0.25, -0.2) is 4.79 Å². The summed E-state index contributed by atoms with van der Waals surface area (Å²) in [6.45, 7) is 14.8. The Morgan fingerprint density at radius 3 is 2.27 bits per heavy atom. The number of fused-ring (bicyclic) bond motifs is 1. The molecule has 1 aliphatic rings. The summed E-state index contributed by atoms with van der Waals surface area (Å²) in [6.07, 6.45) is -0.505. The first kappa shape index (κ1) is 35.4. The second-order valence-corrected chi connectivity index (χ2v) is 12.9. The summed E-state index contributed by atoms with van der Waals surface area (Å²) in [4.78, 5) is 56.1. The van der Waals surface area contributed by atoms with Crippen molar-refractivity contribution in [2.24, 2.45) is 5.73 Å². The van der Waals surface area contributed by atoms with E-state index in [1.54, 1.807) is 26.8 Å². The summed E-state index contributed by atoms with van der Waals surface area (Å²) >= 11 is 0. The fourth-order valence-corrected chi connectivity index (χ4v) is 5.52. The standard InChI is InChI=1S/C34H49N5O6/c1-22(2)38(23(3)4)20-18-36-31(41)30-27-14-13-26(44-25-11-9-8-10-12-25)21-24(27)17-19-39(30)32(42)28(15-16-29(35)40)37-33(43)45-34(5,6)7/h8-14,21-23,28,30H,15-20H2,1-7H3,(H2,35,40)(H,36,41)(H,37,43). The number of alkyl carbamates (subject to hydrolysis) is 1. The Hall–Kier alpha value is -4.12. The zero-order chi connectivity index (χ0) is 33.3. The third-order valence-electron chi connectivity index (χ3n) is 7.52. The number of amides is 4. The molecule has 0 aliphatic carbocycles. The summed E-state index contributed by atoms with van der Waals surface area (Å²) in [5.41, 5.74) is 6.15. The van der Waals surface area contributed by atoms with Crippen molar-refractivity contribution in [1.82, 2.24) is 20.4 Å². The molecule has 1 heterocycles. The first-order valence-electron chi connectivity index (χ1n) is 15.6. The average molecular weight is 624 g/mol. The predicted octanol–water partition coefficient (Wildman–Crippen LogP) is 4.30. The minimum atomic E-state index is -1.12. The number of ether oxygens (including phenoxy) is 2. The summed E-state index contributed by atoms with van der Waals surface area (Å²) in [5.74, 6) is -0.134. The number of carbonyl (C=O) groups is 4. The normalized spacial score (nSPS) is 15.4. The zero-order valence-corrected chi connectivity index (χ0v) is 27.6. The maximum absolute atomic E-state index is 14.1. The van der Waals surface area contributed by atoms with E-state index in [9.17, 15) is 19.2 Å². The molecule has 0 bridgehead atoms. The van der Waals surface area contributed by atoms with Gasteiger partial charge in [0.2, 0.25) is 17.7 Å². The number of primary amides is 1. The van der Waals surface area contributed by atoms with Crippen molar-refractivity contribution >= 4 is 23.8 Å². The van der Waals surface area contributed by atoms with E-state index in [0.29, 0.717) is 48.7 Å². The maximum atomic E-state index is 14.1. The summed E-state index contributed by atoms with van der Waals surface area (Å²) in [7, 11) is 0. The third kappa shape index (κ3) is 10.5. The maximum Gasteiger partial charge on any atom is 0.408 e. The molecule has 0 spiro atoms. The SMILES string of the molecule is CC(C)N(CCNC(=O)C1c2ccc(Oc3ccccc3)cc2CCN1C(=O)C(CCC(N)=O)NC(=O)OC(C)(C)C)C(C)C. The second-order valence-electron chi connectivity index (χ2n) is 12.9. The van der Waals surface area contributed by atoms with Gasteiger partial charge in [-0.3, -0.25) is 19.3 Å². The molecule has 0 fully saturated rings. The van der Waals surface area contributed by atoms with Crippen LogP contribution in [0.2, 0.25) is 0 Å². The van der Waals surface area contributed by atoms with Gasteiger partial charge in [0.05, 0.1) is 0 Å². The van der Waals surface area contributed by atoms with Crippen LogP contribution in [-0.2, 0) is 25.5 Å². The fourth-order valence-electron chi connectivity index (χ4n) is 5.52. The molecule has 0 radical (unpaired) electrons. The van der Waals surface area contributed by atoms with Crippen LogP contribution in [0.3, 0.4) is 0 Å². The van der Waals surface area contributed by atoms with Crippen LogP contribution in [-0.4, -0.2) is 77.0 Å². The van der Waals surface area contributed by atoms with E-state index >= 15 is 0 Å². The Labute approximate surface area is 266 Å². The smallest absolute Gasteiger partial charge is 0.408 e. The van der Waals surface area contributed by atoms with E-state index in [4.69, 9.17) is 15.2 Å². The third-order valence-corrected chi connectivity index (χ3v) is 7.52. The van der Waals surface area contributed by atoms with Crippen molar-refractivity contribution in [1.29, 1.82) is 0 Å². The molecule has 11 nitrogen and oxygen atoms in total. The highest BCUT2D eigenvalue weighted by Gasteiger charge is 2.39. The Kier molecular flexibility index (Phi) is 12.4. The summed E-state index contributed by atoms with van der Waals surface area (Å²) < 4.78 is 11.4. The number of hydrogen-bond acceptors (Lipinski definition) is 7. The van der Waals surface area contributed by atoms with E-state index in [2.05, 4.69) is 43.2 Å². The Balaban J connectivity index is 1.92. The molecule has 4 N–H and O–H groups in total. The Morgan fingerprint density at radius 2 is 1.67 bits per heavy atom. The minimum Gasteiger partial charge on any atom is -0.457 e. The van der Waals surface area contributed by atoms with Crippen molar-refractivity contribution in [2.75, 3.05) is 19.6 Å². The van der Waals surface area contributed by atoms with Gasteiger partial charge in [-0.2, -0.15) is 0 Å². The van der Waals surface area contributed by atoms with Gasteiger partial charge in [-0.1, -0.05) is 24.3 Å². The van der Waals surface area contributed by atoms with Crippen molar-refractivity contribution in [2.45, 2.75) is 97.5 Å². The van der Waals surface area contributed by atoms with Crippen molar-refractivity contribution in [3.8, 4) is 11.5 Å². The Morgan fingerprint density at radius 1 is 1.00 bits per heavy atom. The topological polar surface area (TPSA) is 143 Å². The molecular formula is C34H49N5O6. The van der Waals surface area contributed by atoms with Crippen molar-refractivity contribution in [3.63, 3.8) is 0 Å². The molecule has 2 unspecified atom stereocenters. The lowest BCUT2D eigenvalue weighted by atomic mass is 9.90. The fraction of sp³-hybridized carbons (Fsp3) is 0.529. The van der Waals surface area contributed by atoms with Gasteiger partial charge >= 0.3 is 6.09 Å². The highest BCUT2D eigenvalue weighted by molar-refractivity contribution is 5.93. The largest absolute Gasteiger partial charge is 0.457 e. The number of para-hydroxylation sites is 1. The molecule has 11 heteroatoms. The molecule has 2 aromatic rings. The number of nitrogens with zero attached hydrogens (tertiary/aromatic N) is 2. The van der Waals surface area contributed by atoms with Gasteiger partial charge in [0, 0.05) is 38.1 Å². The lowest BCUT2D eigenvalue weighted by Crippen LogP contribution is -2.55.